The molecule has 0 N–H and O–H groups in total. The SMILES string of the molecule is C=C/C(C)=C/C=C(/C)C(=C)SC. The van der Waals surface area contributed by atoms with Crippen LogP contribution in [0.3, 0.4) is 0 Å². The molecule has 0 aliphatic rings. The first-order valence-electron chi connectivity index (χ1n) is 3.82. The van der Waals surface area contributed by atoms with Gasteiger partial charge in [-0.3, -0.25) is 0 Å². The minimum Gasteiger partial charge on any atom is -0.130 e. The molecule has 0 nitrogen and oxygen atoms in total. The molecule has 0 saturated heterocycles. The van der Waals surface area contributed by atoms with Gasteiger partial charge in [0.25, 0.3) is 0 Å². The van der Waals surface area contributed by atoms with Crippen molar-refractivity contribution in [1.29, 1.82) is 0 Å². The van der Waals surface area contributed by atoms with Gasteiger partial charge in [0.1, 0.15) is 0 Å². The maximum absolute atomic E-state index is 3.92. The molecule has 0 aromatic heterocycles. The highest BCUT2D eigenvalue weighted by molar-refractivity contribution is 8.02. The van der Waals surface area contributed by atoms with E-state index in [2.05, 4.69) is 26.2 Å². The zero-order valence-corrected chi connectivity index (χ0v) is 8.87. The molecule has 1 heteroatoms. The van der Waals surface area contributed by atoms with Crippen LogP contribution in [0.5, 0.6) is 0 Å². The third-order valence-corrected chi connectivity index (χ3v) is 2.42. The smallest absolute Gasteiger partial charge is 0.00264 e. The summed E-state index contributed by atoms with van der Waals surface area (Å²) in [7, 11) is 0. The Morgan fingerprint density at radius 3 is 2.25 bits per heavy atom. The zero-order chi connectivity index (χ0) is 9.56. The lowest BCUT2D eigenvalue weighted by atomic mass is 10.2. The largest absolute Gasteiger partial charge is 0.130 e. The van der Waals surface area contributed by atoms with Gasteiger partial charge in [-0.25, -0.2) is 0 Å². The number of rotatable bonds is 4. The lowest BCUT2D eigenvalue weighted by Crippen LogP contribution is -1.75. The van der Waals surface area contributed by atoms with Gasteiger partial charge < -0.3 is 0 Å². The summed E-state index contributed by atoms with van der Waals surface area (Å²) in [6.45, 7) is 11.7. The molecule has 66 valence electrons. The van der Waals surface area contributed by atoms with E-state index in [1.807, 2.05) is 25.3 Å². The first-order valence-corrected chi connectivity index (χ1v) is 5.05. The molecule has 0 aliphatic carbocycles. The molecule has 0 radical (unpaired) electrons. The first-order chi connectivity index (χ1) is 5.61. The van der Waals surface area contributed by atoms with Gasteiger partial charge in [0.05, 0.1) is 0 Å². The summed E-state index contributed by atoms with van der Waals surface area (Å²) in [6.07, 6.45) is 7.98. The van der Waals surface area contributed by atoms with Gasteiger partial charge >= 0.3 is 0 Å². The predicted molar refractivity (Wildman–Crippen MR) is 60.4 cm³/mol. The summed E-state index contributed by atoms with van der Waals surface area (Å²) in [5.41, 5.74) is 2.38. The summed E-state index contributed by atoms with van der Waals surface area (Å²) in [5.74, 6) is 0. The third kappa shape index (κ3) is 4.24. The highest BCUT2D eigenvalue weighted by atomic mass is 32.2. The van der Waals surface area contributed by atoms with Crippen molar-refractivity contribution in [3.63, 3.8) is 0 Å². The van der Waals surface area contributed by atoms with E-state index in [4.69, 9.17) is 0 Å². The maximum Gasteiger partial charge on any atom is 0.00264 e. The average Bonchev–Trinajstić information content (AvgIpc) is 2.11. The number of thioether (sulfide) groups is 1. The Bertz CT molecular complexity index is 231. The molecule has 0 amide bonds. The van der Waals surface area contributed by atoms with Crippen LogP contribution in [0, 0.1) is 0 Å². The van der Waals surface area contributed by atoms with Crippen molar-refractivity contribution in [2.24, 2.45) is 0 Å². The van der Waals surface area contributed by atoms with Crippen molar-refractivity contribution in [3.8, 4) is 0 Å². The molecule has 12 heavy (non-hydrogen) atoms. The predicted octanol–water partition coefficient (Wildman–Crippen LogP) is 3.94. The van der Waals surface area contributed by atoms with Gasteiger partial charge in [-0.2, -0.15) is 0 Å². The molecule has 0 aromatic carbocycles. The van der Waals surface area contributed by atoms with Gasteiger partial charge in [-0.1, -0.05) is 37.0 Å². The van der Waals surface area contributed by atoms with Crippen molar-refractivity contribution < 1.29 is 0 Å². The van der Waals surface area contributed by atoms with Crippen LogP contribution in [0.15, 0.2) is 47.4 Å². The molecule has 0 aromatic rings. The molecule has 0 bridgehead atoms. The first kappa shape index (κ1) is 11.3. The second-order valence-corrected chi connectivity index (χ2v) is 3.49. The lowest BCUT2D eigenvalue weighted by molar-refractivity contribution is 1.47. The van der Waals surface area contributed by atoms with Crippen LogP contribution >= 0.6 is 11.8 Å². The fourth-order valence-corrected chi connectivity index (χ4v) is 0.968. The van der Waals surface area contributed by atoms with Crippen LogP contribution in [0.2, 0.25) is 0 Å². The van der Waals surface area contributed by atoms with E-state index >= 15 is 0 Å². The second-order valence-electron chi connectivity index (χ2n) is 2.59. The van der Waals surface area contributed by atoms with Gasteiger partial charge in [0.15, 0.2) is 0 Å². The standard InChI is InChI=1S/C11H16S/c1-6-9(2)7-8-10(3)11(4)12-5/h6-8H,1,4H2,2-3,5H3/b9-7+,10-8-. The minimum atomic E-state index is 1.11. The van der Waals surface area contributed by atoms with E-state index in [-0.39, 0.29) is 0 Å². The number of hydrogen-bond acceptors (Lipinski definition) is 1. The molecular weight excluding hydrogens is 164 g/mol. The normalized spacial score (nSPS) is 12.9. The van der Waals surface area contributed by atoms with E-state index in [1.165, 1.54) is 11.1 Å². The molecule has 0 atom stereocenters. The van der Waals surface area contributed by atoms with E-state index in [0.29, 0.717) is 0 Å². The molecule has 0 rings (SSSR count). The van der Waals surface area contributed by atoms with Crippen molar-refractivity contribution in [3.05, 3.63) is 47.4 Å². The Labute approximate surface area is 79.8 Å². The van der Waals surface area contributed by atoms with Crippen LogP contribution < -0.4 is 0 Å². The van der Waals surface area contributed by atoms with Gasteiger partial charge in [0, 0.05) is 4.91 Å². The summed E-state index contributed by atoms with van der Waals surface area (Å²) < 4.78 is 0. The quantitative estimate of drug-likeness (QED) is 0.590. The van der Waals surface area contributed by atoms with Crippen LogP contribution in [0.1, 0.15) is 13.8 Å². The molecule has 0 unspecified atom stereocenters. The monoisotopic (exact) mass is 180 g/mol. The molecule has 0 aliphatic heterocycles. The minimum absolute atomic E-state index is 1.11. The second kappa shape index (κ2) is 5.90. The highest BCUT2D eigenvalue weighted by Crippen LogP contribution is 2.18. The molecule has 0 spiro atoms. The highest BCUT2D eigenvalue weighted by Gasteiger charge is 1.91. The van der Waals surface area contributed by atoms with Crippen LogP contribution in [-0.2, 0) is 0 Å². The Balaban J connectivity index is 4.37. The molecular formula is C11H16S. The van der Waals surface area contributed by atoms with E-state index in [9.17, 15) is 0 Å². The molecule has 0 heterocycles. The Hall–Kier alpha value is -0.690. The topological polar surface area (TPSA) is 0 Å². The number of allylic oxidation sites excluding steroid dienone is 5. The lowest BCUT2D eigenvalue weighted by Gasteiger charge is -1.99. The summed E-state index contributed by atoms with van der Waals surface area (Å²) in [6, 6.07) is 0. The van der Waals surface area contributed by atoms with Crippen LogP contribution in [0.4, 0.5) is 0 Å². The van der Waals surface area contributed by atoms with Crippen LogP contribution in [-0.4, -0.2) is 6.26 Å². The van der Waals surface area contributed by atoms with Gasteiger partial charge in [0.2, 0.25) is 0 Å². The maximum atomic E-state index is 3.92. The zero-order valence-electron chi connectivity index (χ0n) is 8.05. The van der Waals surface area contributed by atoms with Crippen LogP contribution in [0.25, 0.3) is 0 Å². The van der Waals surface area contributed by atoms with E-state index in [0.717, 1.165) is 4.91 Å². The van der Waals surface area contributed by atoms with E-state index < -0.39 is 0 Å². The van der Waals surface area contributed by atoms with Gasteiger partial charge in [-0.15, -0.1) is 11.8 Å². The average molecular weight is 180 g/mol. The van der Waals surface area contributed by atoms with Gasteiger partial charge in [-0.05, 0) is 25.7 Å². The Morgan fingerprint density at radius 1 is 1.25 bits per heavy atom. The molecule has 0 fully saturated rings. The third-order valence-electron chi connectivity index (χ3n) is 1.60. The summed E-state index contributed by atoms with van der Waals surface area (Å²) in [5, 5.41) is 0. The fraction of sp³-hybridized carbons (Fsp3) is 0.273. The van der Waals surface area contributed by atoms with Crippen molar-refractivity contribution >= 4 is 11.8 Å². The van der Waals surface area contributed by atoms with Crippen molar-refractivity contribution in [2.45, 2.75) is 13.8 Å². The summed E-state index contributed by atoms with van der Waals surface area (Å²) in [4.78, 5) is 1.11. The van der Waals surface area contributed by atoms with Crippen molar-refractivity contribution in [2.75, 3.05) is 6.26 Å². The van der Waals surface area contributed by atoms with Crippen molar-refractivity contribution in [1.82, 2.24) is 0 Å². The Morgan fingerprint density at radius 2 is 1.83 bits per heavy atom. The number of hydrogen-bond donors (Lipinski definition) is 0. The van der Waals surface area contributed by atoms with E-state index in [1.54, 1.807) is 11.8 Å². The Kier molecular flexibility index (Phi) is 5.56. The fourth-order valence-electron chi connectivity index (χ4n) is 0.578. The molecule has 0 saturated carbocycles. The summed E-state index contributed by atoms with van der Waals surface area (Å²) >= 11 is 1.67.